The lowest BCUT2D eigenvalue weighted by molar-refractivity contribution is -0.140. The molecule has 29 heavy (non-hydrogen) atoms. The van der Waals surface area contributed by atoms with Crippen LogP contribution in [0.1, 0.15) is 64.7 Å². The summed E-state index contributed by atoms with van der Waals surface area (Å²) in [7, 11) is 1.38. The van der Waals surface area contributed by atoms with Crippen molar-refractivity contribution in [1.29, 1.82) is 0 Å². The highest BCUT2D eigenvalue weighted by atomic mass is 16.5. The molecule has 2 saturated carbocycles. The number of allylic oxidation sites excluding steroid dienone is 3. The van der Waals surface area contributed by atoms with Crippen LogP contribution >= 0.6 is 0 Å². The monoisotopic (exact) mass is 404 g/mol. The minimum Gasteiger partial charge on any atom is -0.469 e. The summed E-state index contributed by atoms with van der Waals surface area (Å²) in [5, 5.41) is 20.8. The SMILES string of the molecule is COC(=O)CC/C=C\CC[C@H]1C(=O)C[C@@H](O)[C@@H]1/C=C/C[C@@](C)(O)/C=C/CC1CC1. The van der Waals surface area contributed by atoms with Crippen molar-refractivity contribution in [3.8, 4) is 0 Å². The van der Waals surface area contributed by atoms with Crippen LogP contribution in [0, 0.1) is 17.8 Å². The van der Waals surface area contributed by atoms with E-state index in [-0.39, 0.29) is 30.0 Å². The zero-order valence-electron chi connectivity index (χ0n) is 17.8. The van der Waals surface area contributed by atoms with Gasteiger partial charge < -0.3 is 14.9 Å². The maximum Gasteiger partial charge on any atom is 0.305 e. The Morgan fingerprint density at radius 2 is 1.93 bits per heavy atom. The third-order valence-electron chi connectivity index (χ3n) is 5.82. The molecule has 2 N–H and O–H groups in total. The first-order valence-corrected chi connectivity index (χ1v) is 10.8. The lowest BCUT2D eigenvalue weighted by Gasteiger charge is -2.19. The van der Waals surface area contributed by atoms with Gasteiger partial charge in [0.25, 0.3) is 0 Å². The van der Waals surface area contributed by atoms with Crippen LogP contribution in [0.2, 0.25) is 0 Å². The molecule has 0 aromatic carbocycles. The minimum atomic E-state index is -0.906. The lowest BCUT2D eigenvalue weighted by Crippen LogP contribution is -2.21. The average Bonchev–Trinajstić information content (AvgIpc) is 3.44. The van der Waals surface area contributed by atoms with Gasteiger partial charge in [-0.1, -0.05) is 36.5 Å². The van der Waals surface area contributed by atoms with Crippen molar-refractivity contribution >= 4 is 11.8 Å². The normalized spacial score (nSPS) is 27.3. The Labute approximate surface area is 174 Å². The van der Waals surface area contributed by atoms with Crippen LogP contribution in [-0.2, 0) is 14.3 Å². The molecule has 0 radical (unpaired) electrons. The Hall–Kier alpha value is -1.72. The van der Waals surface area contributed by atoms with Gasteiger partial charge >= 0.3 is 5.97 Å². The van der Waals surface area contributed by atoms with Gasteiger partial charge in [0.05, 0.1) is 18.8 Å². The molecule has 2 aliphatic rings. The number of ether oxygens (including phenoxy) is 1. The molecule has 0 bridgehead atoms. The number of hydrogen-bond acceptors (Lipinski definition) is 5. The van der Waals surface area contributed by atoms with E-state index in [2.05, 4.69) is 10.8 Å². The van der Waals surface area contributed by atoms with Crippen molar-refractivity contribution in [3.05, 3.63) is 36.5 Å². The largest absolute Gasteiger partial charge is 0.469 e. The first kappa shape index (κ1) is 23.6. The molecular weight excluding hydrogens is 368 g/mol. The van der Waals surface area contributed by atoms with E-state index in [0.29, 0.717) is 25.7 Å². The summed E-state index contributed by atoms with van der Waals surface area (Å²) in [5.41, 5.74) is -0.906. The van der Waals surface area contributed by atoms with Crippen molar-refractivity contribution in [1.82, 2.24) is 0 Å². The fourth-order valence-corrected chi connectivity index (χ4v) is 3.81. The van der Waals surface area contributed by atoms with Crippen LogP contribution in [-0.4, -0.2) is 40.8 Å². The summed E-state index contributed by atoms with van der Waals surface area (Å²) in [5.74, 6) is 0.282. The molecule has 0 heterocycles. The summed E-state index contributed by atoms with van der Waals surface area (Å²) < 4.78 is 4.60. The van der Waals surface area contributed by atoms with Gasteiger partial charge in [0.1, 0.15) is 5.78 Å². The number of ketones is 1. The Balaban J connectivity index is 1.79. The van der Waals surface area contributed by atoms with E-state index < -0.39 is 11.7 Å². The Kier molecular flexibility index (Phi) is 9.31. The molecule has 4 atom stereocenters. The highest BCUT2D eigenvalue weighted by Crippen LogP contribution is 2.35. The molecule has 0 unspecified atom stereocenters. The van der Waals surface area contributed by atoms with Crippen LogP contribution in [0.4, 0.5) is 0 Å². The third-order valence-corrected chi connectivity index (χ3v) is 5.82. The van der Waals surface area contributed by atoms with E-state index in [1.807, 2.05) is 30.4 Å². The number of aliphatic hydroxyl groups is 2. The first-order valence-electron chi connectivity index (χ1n) is 10.8. The zero-order valence-corrected chi connectivity index (χ0v) is 17.8. The third kappa shape index (κ3) is 8.67. The van der Waals surface area contributed by atoms with Gasteiger partial charge in [0.2, 0.25) is 0 Å². The Bertz CT molecular complexity index is 627. The molecular formula is C24H36O5. The molecule has 2 rings (SSSR count). The molecule has 0 amide bonds. The van der Waals surface area contributed by atoms with Crippen molar-refractivity contribution < 1.29 is 24.5 Å². The Morgan fingerprint density at radius 1 is 1.21 bits per heavy atom. The van der Waals surface area contributed by atoms with Crippen molar-refractivity contribution in [2.24, 2.45) is 17.8 Å². The standard InChI is InChI=1S/C24H36O5/c1-24(28,15-7-9-18-13-14-18)16-8-11-20-19(21(25)17-22(20)26)10-5-3-4-6-12-23(27)29-2/h3-4,7-8,11,15,18-20,22,26,28H,5-6,9-10,12-14,16-17H2,1-2H3/b4-3-,11-8+,15-7+/t19-,20-,22-,24+/m1/s1. The molecule has 2 fully saturated rings. The smallest absolute Gasteiger partial charge is 0.305 e. The molecule has 0 spiro atoms. The van der Waals surface area contributed by atoms with Crippen LogP contribution in [0.5, 0.6) is 0 Å². The molecule has 5 nitrogen and oxygen atoms in total. The van der Waals surface area contributed by atoms with Crippen molar-refractivity contribution in [2.45, 2.75) is 76.4 Å². The van der Waals surface area contributed by atoms with E-state index in [1.54, 1.807) is 6.92 Å². The lowest BCUT2D eigenvalue weighted by atomic mass is 9.88. The number of methoxy groups -OCH3 is 1. The number of carbonyl (C=O) groups is 2. The predicted molar refractivity (Wildman–Crippen MR) is 113 cm³/mol. The van der Waals surface area contributed by atoms with Gasteiger partial charge in [0, 0.05) is 24.7 Å². The van der Waals surface area contributed by atoms with E-state index in [4.69, 9.17) is 0 Å². The van der Waals surface area contributed by atoms with Gasteiger partial charge in [-0.3, -0.25) is 9.59 Å². The molecule has 0 aliphatic heterocycles. The number of aliphatic hydroxyl groups excluding tert-OH is 1. The number of hydrogen-bond donors (Lipinski definition) is 2. The number of carbonyl (C=O) groups excluding carboxylic acids is 2. The maximum atomic E-state index is 12.3. The number of esters is 1. The predicted octanol–water partition coefficient (Wildman–Crippen LogP) is 3.90. The van der Waals surface area contributed by atoms with Crippen LogP contribution in [0.25, 0.3) is 0 Å². The van der Waals surface area contributed by atoms with Crippen molar-refractivity contribution in [2.75, 3.05) is 7.11 Å². The second-order valence-corrected chi connectivity index (χ2v) is 8.66. The van der Waals surface area contributed by atoms with Crippen molar-refractivity contribution in [3.63, 3.8) is 0 Å². The summed E-state index contributed by atoms with van der Waals surface area (Å²) in [6.45, 7) is 1.79. The van der Waals surface area contributed by atoms with Gasteiger partial charge in [-0.05, 0) is 57.8 Å². The van der Waals surface area contributed by atoms with E-state index >= 15 is 0 Å². The van der Waals surface area contributed by atoms with Gasteiger partial charge in [-0.25, -0.2) is 0 Å². The molecule has 5 heteroatoms. The number of rotatable bonds is 12. The molecule has 0 saturated heterocycles. The molecule has 0 aromatic heterocycles. The molecule has 2 aliphatic carbocycles. The van der Waals surface area contributed by atoms with Crippen LogP contribution < -0.4 is 0 Å². The number of Topliss-reactive ketones (excluding diaryl/α,β-unsaturated/α-hetero) is 1. The maximum absolute atomic E-state index is 12.3. The van der Waals surface area contributed by atoms with E-state index in [9.17, 15) is 19.8 Å². The van der Waals surface area contributed by atoms with Crippen LogP contribution in [0.15, 0.2) is 36.5 Å². The van der Waals surface area contributed by atoms with Crippen LogP contribution in [0.3, 0.4) is 0 Å². The summed E-state index contributed by atoms with van der Waals surface area (Å²) >= 11 is 0. The quantitative estimate of drug-likeness (QED) is 0.381. The highest BCUT2D eigenvalue weighted by Gasteiger charge is 2.39. The second kappa shape index (κ2) is 11.5. The van der Waals surface area contributed by atoms with Gasteiger partial charge in [-0.15, -0.1) is 0 Å². The average molecular weight is 405 g/mol. The summed E-state index contributed by atoms with van der Waals surface area (Å²) in [6.07, 6.45) is 17.7. The molecule has 162 valence electrons. The Morgan fingerprint density at radius 3 is 2.62 bits per heavy atom. The highest BCUT2D eigenvalue weighted by molar-refractivity contribution is 5.84. The summed E-state index contributed by atoms with van der Waals surface area (Å²) in [6, 6.07) is 0. The van der Waals surface area contributed by atoms with E-state index in [1.165, 1.54) is 20.0 Å². The molecule has 0 aromatic rings. The fraction of sp³-hybridized carbons (Fsp3) is 0.667. The van der Waals surface area contributed by atoms with Gasteiger partial charge in [0.15, 0.2) is 0 Å². The topological polar surface area (TPSA) is 83.8 Å². The van der Waals surface area contributed by atoms with E-state index in [0.717, 1.165) is 18.8 Å². The fourth-order valence-electron chi connectivity index (χ4n) is 3.81. The zero-order chi connectivity index (χ0) is 21.3. The second-order valence-electron chi connectivity index (χ2n) is 8.66. The first-order chi connectivity index (χ1) is 13.8. The van der Waals surface area contributed by atoms with Gasteiger partial charge in [-0.2, -0.15) is 0 Å². The minimum absolute atomic E-state index is 0.103. The summed E-state index contributed by atoms with van der Waals surface area (Å²) in [4.78, 5) is 23.4.